The molecule has 0 amide bonds. The maximum Gasteiger partial charge on any atom is 0.0825 e. The molecule has 2 aromatic rings. The highest BCUT2D eigenvalue weighted by Gasteiger charge is 2.19. The number of hydrogen-bond acceptors (Lipinski definition) is 3. The number of nitrogens with zero attached hydrogens (tertiary/aromatic N) is 3. The zero-order valence-corrected chi connectivity index (χ0v) is 16.9. The zero-order chi connectivity index (χ0) is 17.9. The van der Waals surface area contributed by atoms with Crippen molar-refractivity contribution in [3.05, 3.63) is 76.8 Å². The Morgan fingerprint density at radius 1 is 1.15 bits per heavy atom. The first-order chi connectivity index (χ1) is 12.7. The van der Waals surface area contributed by atoms with Crippen LogP contribution in [0.3, 0.4) is 0 Å². The van der Waals surface area contributed by atoms with Crippen molar-refractivity contribution in [1.82, 2.24) is 14.7 Å². The van der Waals surface area contributed by atoms with Gasteiger partial charge in [0.1, 0.15) is 0 Å². The van der Waals surface area contributed by atoms with Gasteiger partial charge in [-0.15, -0.1) is 12.4 Å². The number of hydrogen-bond donors (Lipinski definition) is 0. The average Bonchev–Trinajstić information content (AvgIpc) is 2.91. The predicted molar refractivity (Wildman–Crippen MR) is 111 cm³/mol. The van der Waals surface area contributed by atoms with E-state index in [-0.39, 0.29) is 18.5 Å². The van der Waals surface area contributed by atoms with Crippen LogP contribution in [-0.2, 0) is 31.0 Å². The molecule has 0 saturated carbocycles. The first-order valence-corrected chi connectivity index (χ1v) is 9.49. The van der Waals surface area contributed by atoms with E-state index in [9.17, 15) is 0 Å². The maximum atomic E-state index is 5.81. The third-order valence-electron chi connectivity index (χ3n) is 5.52. The summed E-state index contributed by atoms with van der Waals surface area (Å²) in [6, 6.07) is 9.02. The Hall–Kier alpha value is -2.04. The van der Waals surface area contributed by atoms with E-state index in [1.807, 2.05) is 25.0 Å². The number of fused-ring (bicyclic) bond motifs is 1. The second-order valence-electron chi connectivity index (χ2n) is 7.21. The summed E-state index contributed by atoms with van der Waals surface area (Å²) in [5.74, 6) is 0. The van der Waals surface area contributed by atoms with Crippen molar-refractivity contribution in [2.75, 3.05) is 20.2 Å². The summed E-state index contributed by atoms with van der Waals surface area (Å²) >= 11 is 0. The van der Waals surface area contributed by atoms with Crippen molar-refractivity contribution in [3.8, 4) is 0 Å². The maximum absolute atomic E-state index is 5.81. The highest BCUT2D eigenvalue weighted by Crippen LogP contribution is 2.27. The monoisotopic (exact) mass is 385 g/mol. The molecular weight excluding hydrogens is 358 g/mol. The third kappa shape index (κ3) is 4.45. The van der Waals surface area contributed by atoms with E-state index >= 15 is 0 Å². The lowest BCUT2D eigenvalue weighted by molar-refractivity contribution is 0.0956. The van der Waals surface area contributed by atoms with Crippen LogP contribution in [0.4, 0.5) is 0 Å². The molecule has 1 aromatic heterocycles. The van der Waals surface area contributed by atoms with Crippen LogP contribution in [0.2, 0.25) is 0 Å². The molecule has 0 saturated heterocycles. The number of ether oxygens (including phenoxy) is 1. The molecule has 1 atom stereocenters. The molecular formula is C22H28ClN3O. The molecule has 144 valence electrons. The van der Waals surface area contributed by atoms with Crippen molar-refractivity contribution in [2.24, 2.45) is 7.05 Å². The molecule has 5 heteroatoms. The summed E-state index contributed by atoms with van der Waals surface area (Å²) in [5.41, 5.74) is 6.76. The highest BCUT2D eigenvalue weighted by atomic mass is 35.5. The van der Waals surface area contributed by atoms with Crippen LogP contribution in [0.1, 0.15) is 34.9 Å². The van der Waals surface area contributed by atoms with Crippen LogP contribution in [0, 0.1) is 0 Å². The number of halogens is 1. The lowest BCUT2D eigenvalue weighted by Gasteiger charge is -2.26. The second kappa shape index (κ2) is 8.77. The normalized spacial score (nSPS) is 16.7. The van der Waals surface area contributed by atoms with E-state index in [2.05, 4.69) is 52.5 Å². The number of allylic oxidation sites excluding steroid dienone is 3. The molecule has 1 unspecified atom stereocenters. The fourth-order valence-electron chi connectivity index (χ4n) is 3.89. The Kier molecular flexibility index (Phi) is 6.40. The van der Waals surface area contributed by atoms with E-state index in [1.165, 1.54) is 22.4 Å². The summed E-state index contributed by atoms with van der Waals surface area (Å²) < 4.78 is 7.67. The highest BCUT2D eigenvalue weighted by molar-refractivity contribution is 5.85. The Morgan fingerprint density at radius 2 is 1.93 bits per heavy atom. The van der Waals surface area contributed by atoms with Gasteiger partial charge in [0.25, 0.3) is 0 Å². The van der Waals surface area contributed by atoms with Crippen molar-refractivity contribution in [1.29, 1.82) is 0 Å². The number of rotatable bonds is 6. The Morgan fingerprint density at radius 3 is 2.56 bits per heavy atom. The molecule has 0 bridgehead atoms. The summed E-state index contributed by atoms with van der Waals surface area (Å²) in [5, 5.41) is 4.48. The predicted octanol–water partition coefficient (Wildman–Crippen LogP) is 4.02. The minimum Gasteiger partial charge on any atom is -0.377 e. The molecule has 0 radical (unpaired) electrons. The van der Waals surface area contributed by atoms with Gasteiger partial charge in [-0.25, -0.2) is 0 Å². The van der Waals surface area contributed by atoms with Crippen LogP contribution in [0.25, 0.3) is 0 Å². The Balaban J connectivity index is 0.00000210. The largest absolute Gasteiger partial charge is 0.377 e. The molecule has 0 N–H and O–H groups in total. The molecule has 0 fully saturated rings. The SMILES string of the molecule is COC(CCc1ccn(C)n1)c1ccc2c(c1)CCN(C1=CC=C1)CC2.Cl. The Labute approximate surface area is 167 Å². The van der Waals surface area contributed by atoms with Gasteiger partial charge < -0.3 is 9.64 Å². The Bertz CT molecular complexity index is 840. The van der Waals surface area contributed by atoms with Crippen molar-refractivity contribution < 1.29 is 4.74 Å². The van der Waals surface area contributed by atoms with Gasteiger partial charge in [-0.1, -0.05) is 24.3 Å². The molecule has 1 aromatic carbocycles. The smallest absolute Gasteiger partial charge is 0.0825 e. The minimum absolute atomic E-state index is 0. The quantitative estimate of drug-likeness (QED) is 0.752. The van der Waals surface area contributed by atoms with E-state index < -0.39 is 0 Å². The summed E-state index contributed by atoms with van der Waals surface area (Å²) in [6.07, 6.45) is 12.8. The fourth-order valence-corrected chi connectivity index (χ4v) is 3.89. The zero-order valence-electron chi connectivity index (χ0n) is 16.1. The van der Waals surface area contributed by atoms with Crippen molar-refractivity contribution >= 4 is 12.4 Å². The number of aryl methyl sites for hydroxylation is 2. The van der Waals surface area contributed by atoms with Crippen molar-refractivity contribution in [3.63, 3.8) is 0 Å². The number of benzene rings is 1. The van der Waals surface area contributed by atoms with Crippen LogP contribution in [0.5, 0.6) is 0 Å². The molecule has 27 heavy (non-hydrogen) atoms. The van der Waals surface area contributed by atoms with Gasteiger partial charge in [-0.2, -0.15) is 5.10 Å². The van der Waals surface area contributed by atoms with Gasteiger partial charge in [-0.05, 0) is 60.6 Å². The van der Waals surface area contributed by atoms with Gasteiger partial charge in [-0.3, -0.25) is 4.68 Å². The molecule has 2 aliphatic rings. The molecule has 4 nitrogen and oxygen atoms in total. The lowest BCUT2D eigenvalue weighted by atomic mass is 9.96. The van der Waals surface area contributed by atoms with Crippen LogP contribution < -0.4 is 0 Å². The molecule has 0 spiro atoms. The van der Waals surface area contributed by atoms with Crippen LogP contribution >= 0.6 is 12.4 Å². The molecule has 2 heterocycles. The van der Waals surface area contributed by atoms with Crippen molar-refractivity contribution in [2.45, 2.75) is 31.8 Å². The van der Waals surface area contributed by atoms with Gasteiger partial charge in [0.05, 0.1) is 11.8 Å². The lowest BCUT2D eigenvalue weighted by Crippen LogP contribution is -2.26. The number of aromatic nitrogens is 2. The average molecular weight is 386 g/mol. The third-order valence-corrected chi connectivity index (χ3v) is 5.52. The van der Waals surface area contributed by atoms with Crippen LogP contribution in [-0.4, -0.2) is 34.9 Å². The van der Waals surface area contributed by atoms with Gasteiger partial charge in [0.2, 0.25) is 0 Å². The molecule has 1 aliphatic carbocycles. The molecule has 4 rings (SSSR count). The van der Waals surface area contributed by atoms with E-state index in [1.54, 1.807) is 0 Å². The van der Waals surface area contributed by atoms with E-state index in [4.69, 9.17) is 4.74 Å². The van der Waals surface area contributed by atoms with Gasteiger partial charge in [0, 0.05) is 39.1 Å². The topological polar surface area (TPSA) is 30.3 Å². The first kappa shape index (κ1) is 19.7. The summed E-state index contributed by atoms with van der Waals surface area (Å²) in [4.78, 5) is 2.49. The molecule has 1 aliphatic heterocycles. The first-order valence-electron chi connectivity index (χ1n) is 9.49. The van der Waals surface area contributed by atoms with Gasteiger partial charge >= 0.3 is 0 Å². The fraction of sp³-hybridized carbons (Fsp3) is 0.409. The van der Waals surface area contributed by atoms with Gasteiger partial charge in [0.15, 0.2) is 0 Å². The second-order valence-corrected chi connectivity index (χ2v) is 7.21. The van der Waals surface area contributed by atoms with E-state index in [0.29, 0.717) is 0 Å². The minimum atomic E-state index is 0. The summed E-state index contributed by atoms with van der Waals surface area (Å²) in [7, 11) is 3.77. The number of methoxy groups -OCH3 is 1. The van der Waals surface area contributed by atoms with Crippen LogP contribution in [0.15, 0.2) is 54.4 Å². The summed E-state index contributed by atoms with van der Waals surface area (Å²) in [6.45, 7) is 2.20. The standard InChI is InChI=1S/C22H27N3O.ClH/c1-24-13-12-20(23-24)8-9-22(26-2)19-7-6-17-10-14-25(21-4-3-5-21)15-11-18(17)16-19;/h3-7,12-13,16,22H,8-11,14-15H2,1-2H3;1H. The van der Waals surface area contributed by atoms with E-state index in [0.717, 1.165) is 44.5 Å².